The van der Waals surface area contributed by atoms with Crippen molar-refractivity contribution in [2.45, 2.75) is 58.9 Å². The average molecular weight is 246 g/mol. The third-order valence-electron chi connectivity index (χ3n) is 3.79. The molecule has 1 N–H and O–H groups in total. The normalized spacial score (nSPS) is 21.8. The maximum atomic E-state index is 12.2. The Balaban J connectivity index is 2.55. The Morgan fingerprint density at radius 3 is 2.31 bits per heavy atom. The molecule has 0 radical (unpaired) electrons. The summed E-state index contributed by atoms with van der Waals surface area (Å²) in [6, 6.07) is 0.105. The van der Waals surface area contributed by atoms with E-state index in [9.17, 15) is 4.79 Å². The van der Waals surface area contributed by atoms with Gasteiger partial charge in [-0.15, -0.1) is 11.6 Å². The lowest BCUT2D eigenvalue weighted by Gasteiger charge is -2.34. The van der Waals surface area contributed by atoms with Gasteiger partial charge in [0.25, 0.3) is 0 Å². The van der Waals surface area contributed by atoms with Crippen LogP contribution in [0.2, 0.25) is 0 Å². The SMILES string of the molecule is CC(C)C(CCl)NC(=O)C1(C)CCCCC1. The van der Waals surface area contributed by atoms with Gasteiger partial charge in [-0.2, -0.15) is 0 Å². The Morgan fingerprint density at radius 2 is 1.88 bits per heavy atom. The molecule has 0 aliphatic heterocycles. The lowest BCUT2D eigenvalue weighted by molar-refractivity contribution is -0.132. The van der Waals surface area contributed by atoms with E-state index in [1.54, 1.807) is 0 Å². The number of rotatable bonds is 4. The quantitative estimate of drug-likeness (QED) is 0.757. The molecule has 0 aromatic carbocycles. The zero-order valence-corrected chi connectivity index (χ0v) is 11.4. The number of carbonyl (C=O) groups excluding carboxylic acids is 1. The first-order valence-corrected chi connectivity index (χ1v) is 6.90. The van der Waals surface area contributed by atoms with Crippen molar-refractivity contribution in [2.75, 3.05) is 5.88 Å². The highest BCUT2D eigenvalue weighted by Crippen LogP contribution is 2.36. The van der Waals surface area contributed by atoms with Crippen molar-refractivity contribution in [3.8, 4) is 0 Å². The van der Waals surface area contributed by atoms with E-state index in [1.165, 1.54) is 19.3 Å². The van der Waals surface area contributed by atoms with Gasteiger partial charge in [0.2, 0.25) is 5.91 Å². The van der Waals surface area contributed by atoms with Gasteiger partial charge in [0.05, 0.1) is 0 Å². The van der Waals surface area contributed by atoms with Crippen LogP contribution in [0, 0.1) is 11.3 Å². The molecule has 1 unspecified atom stereocenters. The molecule has 1 aliphatic rings. The van der Waals surface area contributed by atoms with E-state index in [4.69, 9.17) is 11.6 Å². The van der Waals surface area contributed by atoms with E-state index in [2.05, 4.69) is 26.1 Å². The summed E-state index contributed by atoms with van der Waals surface area (Å²) in [7, 11) is 0. The Hall–Kier alpha value is -0.240. The predicted molar refractivity (Wildman–Crippen MR) is 68.7 cm³/mol. The number of alkyl halides is 1. The third kappa shape index (κ3) is 3.38. The Morgan fingerprint density at radius 1 is 1.31 bits per heavy atom. The van der Waals surface area contributed by atoms with E-state index in [-0.39, 0.29) is 17.4 Å². The number of carbonyl (C=O) groups is 1. The van der Waals surface area contributed by atoms with Gasteiger partial charge in [-0.3, -0.25) is 4.79 Å². The molecule has 1 saturated carbocycles. The largest absolute Gasteiger partial charge is 0.351 e. The summed E-state index contributed by atoms with van der Waals surface area (Å²) in [6.45, 7) is 6.28. The minimum absolute atomic E-state index is 0.105. The summed E-state index contributed by atoms with van der Waals surface area (Å²) in [5.74, 6) is 1.10. The Labute approximate surface area is 104 Å². The van der Waals surface area contributed by atoms with Crippen molar-refractivity contribution in [2.24, 2.45) is 11.3 Å². The molecule has 16 heavy (non-hydrogen) atoms. The monoisotopic (exact) mass is 245 g/mol. The summed E-state index contributed by atoms with van der Waals surface area (Å²) < 4.78 is 0. The van der Waals surface area contributed by atoms with E-state index in [0.717, 1.165) is 12.8 Å². The molecule has 2 nitrogen and oxygen atoms in total. The first-order valence-electron chi connectivity index (χ1n) is 6.36. The fourth-order valence-corrected chi connectivity index (χ4v) is 2.72. The lowest BCUT2D eigenvalue weighted by Crippen LogP contribution is -2.47. The number of hydrogen-bond donors (Lipinski definition) is 1. The third-order valence-corrected chi connectivity index (χ3v) is 4.13. The summed E-state index contributed by atoms with van der Waals surface area (Å²) >= 11 is 5.88. The van der Waals surface area contributed by atoms with Gasteiger partial charge >= 0.3 is 0 Å². The minimum atomic E-state index is -0.155. The smallest absolute Gasteiger partial charge is 0.226 e. The zero-order chi connectivity index (χ0) is 12.2. The van der Waals surface area contributed by atoms with Gasteiger partial charge in [0, 0.05) is 17.3 Å². The van der Waals surface area contributed by atoms with Gasteiger partial charge in [-0.1, -0.05) is 40.0 Å². The van der Waals surface area contributed by atoms with Crippen LogP contribution in [0.25, 0.3) is 0 Å². The van der Waals surface area contributed by atoms with Gasteiger partial charge < -0.3 is 5.32 Å². The van der Waals surface area contributed by atoms with Crippen molar-refractivity contribution in [3.63, 3.8) is 0 Å². The maximum Gasteiger partial charge on any atom is 0.226 e. The summed E-state index contributed by atoms with van der Waals surface area (Å²) in [4.78, 5) is 12.2. The molecule has 0 bridgehead atoms. The molecular weight excluding hydrogens is 222 g/mol. The summed E-state index contributed by atoms with van der Waals surface area (Å²) in [6.07, 6.45) is 5.66. The number of halogens is 1. The molecule has 1 rings (SSSR count). The molecule has 1 fully saturated rings. The molecule has 1 amide bonds. The van der Waals surface area contributed by atoms with E-state index in [0.29, 0.717) is 11.8 Å². The summed E-state index contributed by atoms with van der Waals surface area (Å²) in [5.41, 5.74) is -0.155. The van der Waals surface area contributed by atoms with Crippen LogP contribution < -0.4 is 5.32 Å². The highest BCUT2D eigenvalue weighted by molar-refractivity contribution is 6.18. The fourth-order valence-electron chi connectivity index (χ4n) is 2.29. The standard InChI is InChI=1S/C13H24ClNO/c1-10(2)11(9-14)15-12(16)13(3)7-5-4-6-8-13/h10-11H,4-9H2,1-3H3,(H,15,16). The Kier molecular flexibility index (Phi) is 5.10. The topological polar surface area (TPSA) is 29.1 Å². The molecule has 3 heteroatoms. The molecular formula is C13H24ClNO. The van der Waals surface area contributed by atoms with Gasteiger partial charge in [-0.25, -0.2) is 0 Å². The van der Waals surface area contributed by atoms with Crippen LogP contribution in [0.1, 0.15) is 52.9 Å². The Bertz CT molecular complexity index is 234. The minimum Gasteiger partial charge on any atom is -0.351 e. The fraction of sp³-hybridized carbons (Fsp3) is 0.923. The molecule has 1 aliphatic carbocycles. The van der Waals surface area contributed by atoms with Crippen LogP contribution in [-0.2, 0) is 4.79 Å². The van der Waals surface area contributed by atoms with Crippen LogP contribution >= 0.6 is 11.6 Å². The average Bonchev–Trinajstić information content (AvgIpc) is 2.26. The van der Waals surface area contributed by atoms with Crippen molar-refractivity contribution >= 4 is 17.5 Å². The molecule has 0 spiro atoms. The number of hydrogen-bond acceptors (Lipinski definition) is 1. The highest BCUT2D eigenvalue weighted by atomic mass is 35.5. The van der Waals surface area contributed by atoms with E-state index in [1.807, 2.05) is 0 Å². The van der Waals surface area contributed by atoms with Gasteiger partial charge in [0.1, 0.15) is 0 Å². The first-order chi connectivity index (χ1) is 7.49. The molecule has 0 aromatic heterocycles. The van der Waals surface area contributed by atoms with Crippen molar-refractivity contribution < 1.29 is 4.79 Å². The predicted octanol–water partition coefficient (Wildman–Crippen LogP) is 3.34. The van der Waals surface area contributed by atoms with Crippen molar-refractivity contribution in [1.82, 2.24) is 5.32 Å². The van der Waals surface area contributed by atoms with Gasteiger partial charge in [-0.05, 0) is 18.8 Å². The molecule has 0 aromatic rings. The first kappa shape index (κ1) is 13.8. The van der Waals surface area contributed by atoms with Crippen LogP contribution in [0.15, 0.2) is 0 Å². The van der Waals surface area contributed by atoms with Crippen LogP contribution in [0.3, 0.4) is 0 Å². The molecule has 94 valence electrons. The van der Waals surface area contributed by atoms with Crippen LogP contribution in [-0.4, -0.2) is 17.8 Å². The summed E-state index contributed by atoms with van der Waals surface area (Å²) in [5, 5.41) is 3.11. The van der Waals surface area contributed by atoms with E-state index >= 15 is 0 Å². The molecule has 0 saturated heterocycles. The van der Waals surface area contributed by atoms with Crippen LogP contribution in [0.5, 0.6) is 0 Å². The molecule has 0 heterocycles. The molecule has 1 atom stereocenters. The van der Waals surface area contributed by atoms with Gasteiger partial charge in [0.15, 0.2) is 0 Å². The van der Waals surface area contributed by atoms with Crippen molar-refractivity contribution in [1.29, 1.82) is 0 Å². The second-order valence-corrected chi connectivity index (χ2v) is 5.91. The van der Waals surface area contributed by atoms with Crippen LogP contribution in [0.4, 0.5) is 0 Å². The van der Waals surface area contributed by atoms with Crippen molar-refractivity contribution in [3.05, 3.63) is 0 Å². The zero-order valence-electron chi connectivity index (χ0n) is 10.7. The number of nitrogens with one attached hydrogen (secondary N) is 1. The second kappa shape index (κ2) is 5.90. The second-order valence-electron chi connectivity index (χ2n) is 5.60. The van der Waals surface area contributed by atoms with E-state index < -0.39 is 0 Å². The maximum absolute atomic E-state index is 12.2. The number of amides is 1. The highest BCUT2D eigenvalue weighted by Gasteiger charge is 2.35. The lowest BCUT2D eigenvalue weighted by atomic mass is 9.75.